The second-order valence-electron chi connectivity index (χ2n) is 9.40. The third-order valence-electron chi connectivity index (χ3n) is 6.92. The van der Waals surface area contributed by atoms with Gasteiger partial charge in [-0.3, -0.25) is 5.41 Å². The van der Waals surface area contributed by atoms with Gasteiger partial charge in [-0.05, 0) is 67.3 Å². The van der Waals surface area contributed by atoms with Crippen molar-refractivity contribution < 1.29 is 0 Å². The molecule has 5 aromatic rings. The lowest BCUT2D eigenvalue weighted by Crippen LogP contribution is -2.11. The predicted octanol–water partition coefficient (Wildman–Crippen LogP) is 9.30. The van der Waals surface area contributed by atoms with Crippen LogP contribution in [0.1, 0.15) is 11.1 Å². The third kappa shape index (κ3) is 4.15. The van der Waals surface area contributed by atoms with Gasteiger partial charge in [-0.25, -0.2) is 4.99 Å². The summed E-state index contributed by atoms with van der Waals surface area (Å²) in [5.74, 6) is 0. The SMILES string of the molecule is Cc1ccc(N(c2ccc(C)c3ccccc23)c2ccc(N=C3C=CC=CC3=N)c3ccccc23)cc1. The van der Waals surface area contributed by atoms with E-state index in [4.69, 9.17) is 10.4 Å². The molecule has 1 aliphatic rings. The molecule has 0 aromatic heterocycles. The number of hydrogen-bond donors (Lipinski definition) is 1. The van der Waals surface area contributed by atoms with E-state index in [0.29, 0.717) is 11.4 Å². The Morgan fingerprint density at radius 1 is 0.595 bits per heavy atom. The van der Waals surface area contributed by atoms with Crippen molar-refractivity contribution in [3.63, 3.8) is 0 Å². The maximum Gasteiger partial charge on any atom is 0.0886 e. The molecule has 3 nitrogen and oxygen atoms in total. The normalized spacial score (nSPS) is 14.1. The lowest BCUT2D eigenvalue weighted by molar-refractivity contribution is 1.30. The highest BCUT2D eigenvalue weighted by atomic mass is 15.1. The highest BCUT2D eigenvalue weighted by Gasteiger charge is 2.19. The van der Waals surface area contributed by atoms with Crippen molar-refractivity contribution in [1.29, 1.82) is 5.41 Å². The van der Waals surface area contributed by atoms with E-state index in [9.17, 15) is 0 Å². The molecule has 0 bridgehead atoms. The molecular formula is C34H27N3. The molecule has 6 rings (SSSR count). The van der Waals surface area contributed by atoms with Crippen molar-refractivity contribution in [3.8, 4) is 0 Å². The van der Waals surface area contributed by atoms with Gasteiger partial charge < -0.3 is 4.90 Å². The minimum absolute atomic E-state index is 0.420. The molecule has 0 aliphatic heterocycles. The number of anilines is 3. The van der Waals surface area contributed by atoms with E-state index in [1.165, 1.54) is 21.9 Å². The van der Waals surface area contributed by atoms with Crippen LogP contribution in [0.3, 0.4) is 0 Å². The molecule has 0 heterocycles. The summed E-state index contributed by atoms with van der Waals surface area (Å²) in [5, 5.41) is 12.9. The molecule has 0 saturated carbocycles. The molecule has 0 fully saturated rings. The summed E-state index contributed by atoms with van der Waals surface area (Å²) in [6, 6.07) is 34.4. The van der Waals surface area contributed by atoms with Gasteiger partial charge in [-0.2, -0.15) is 0 Å². The summed E-state index contributed by atoms with van der Waals surface area (Å²) in [4.78, 5) is 7.23. The molecule has 0 amide bonds. The fourth-order valence-corrected chi connectivity index (χ4v) is 4.99. The van der Waals surface area contributed by atoms with Crippen LogP contribution in [0.2, 0.25) is 0 Å². The second-order valence-corrected chi connectivity index (χ2v) is 9.40. The lowest BCUT2D eigenvalue weighted by Gasteiger charge is -2.29. The van der Waals surface area contributed by atoms with Crippen molar-refractivity contribution in [1.82, 2.24) is 0 Å². The summed E-state index contributed by atoms with van der Waals surface area (Å²) in [5.41, 5.74) is 7.76. The lowest BCUT2D eigenvalue weighted by atomic mass is 10.00. The number of aryl methyl sites for hydroxylation is 2. The minimum Gasteiger partial charge on any atom is -0.309 e. The van der Waals surface area contributed by atoms with Crippen LogP contribution >= 0.6 is 0 Å². The second kappa shape index (κ2) is 9.36. The van der Waals surface area contributed by atoms with Crippen LogP contribution in [0.25, 0.3) is 21.5 Å². The molecular weight excluding hydrogens is 450 g/mol. The Hall–Kier alpha value is -4.76. The fraction of sp³-hybridized carbons (Fsp3) is 0.0588. The van der Waals surface area contributed by atoms with Gasteiger partial charge in [0.25, 0.3) is 0 Å². The molecule has 178 valence electrons. The number of nitrogens with zero attached hydrogens (tertiary/aromatic N) is 2. The van der Waals surface area contributed by atoms with Gasteiger partial charge in [0, 0.05) is 21.8 Å². The highest BCUT2D eigenvalue weighted by Crippen LogP contribution is 2.44. The number of aliphatic imine (C=N–C) groups is 1. The summed E-state index contributed by atoms with van der Waals surface area (Å²) in [6.07, 6.45) is 7.46. The molecule has 37 heavy (non-hydrogen) atoms. The molecule has 1 N–H and O–H groups in total. The van der Waals surface area contributed by atoms with E-state index in [-0.39, 0.29) is 0 Å². The molecule has 0 saturated heterocycles. The molecule has 0 atom stereocenters. The van der Waals surface area contributed by atoms with Crippen LogP contribution in [0.4, 0.5) is 22.7 Å². The molecule has 0 unspecified atom stereocenters. The van der Waals surface area contributed by atoms with Crippen molar-refractivity contribution in [2.45, 2.75) is 13.8 Å². The first kappa shape index (κ1) is 22.7. The Morgan fingerprint density at radius 2 is 1.19 bits per heavy atom. The van der Waals surface area contributed by atoms with E-state index in [2.05, 4.69) is 116 Å². The quantitative estimate of drug-likeness (QED) is 0.257. The summed E-state index contributed by atoms with van der Waals surface area (Å²) in [7, 11) is 0. The van der Waals surface area contributed by atoms with Crippen LogP contribution in [-0.2, 0) is 0 Å². The van der Waals surface area contributed by atoms with Gasteiger partial charge >= 0.3 is 0 Å². The standard InChI is InChI=1S/C34H27N3/c1-23-15-18-25(19-16-23)37(33-21-17-24(2)26-9-3-5-11-28(26)33)34-22-20-31(27-10-4-6-12-29(27)34)36-32-14-8-7-13-30(32)35/h3-22,35H,1-2H3. The van der Waals surface area contributed by atoms with Crippen LogP contribution in [-0.4, -0.2) is 11.4 Å². The van der Waals surface area contributed by atoms with E-state index < -0.39 is 0 Å². The minimum atomic E-state index is 0.420. The zero-order chi connectivity index (χ0) is 25.4. The summed E-state index contributed by atoms with van der Waals surface area (Å²) in [6.45, 7) is 4.28. The first-order valence-corrected chi connectivity index (χ1v) is 12.5. The van der Waals surface area contributed by atoms with Crippen LogP contribution in [0, 0.1) is 19.3 Å². The largest absolute Gasteiger partial charge is 0.309 e. The van der Waals surface area contributed by atoms with Gasteiger partial charge in [-0.1, -0.05) is 84.4 Å². The van der Waals surface area contributed by atoms with E-state index in [1.54, 1.807) is 6.08 Å². The predicted molar refractivity (Wildman–Crippen MR) is 159 cm³/mol. The van der Waals surface area contributed by atoms with Crippen molar-refractivity contribution in [2.24, 2.45) is 4.99 Å². The van der Waals surface area contributed by atoms with Gasteiger partial charge in [0.2, 0.25) is 0 Å². The monoisotopic (exact) mass is 477 g/mol. The molecule has 0 radical (unpaired) electrons. The molecule has 0 spiro atoms. The Kier molecular flexibility index (Phi) is 5.74. The smallest absolute Gasteiger partial charge is 0.0886 e. The Labute approximate surface area is 217 Å². The number of rotatable bonds is 4. The summed E-state index contributed by atoms with van der Waals surface area (Å²) >= 11 is 0. The van der Waals surface area contributed by atoms with Crippen LogP contribution in [0.15, 0.2) is 126 Å². The van der Waals surface area contributed by atoms with E-state index in [1.807, 2.05) is 18.2 Å². The zero-order valence-corrected chi connectivity index (χ0v) is 20.9. The van der Waals surface area contributed by atoms with Gasteiger partial charge in [0.05, 0.1) is 28.5 Å². The van der Waals surface area contributed by atoms with Crippen molar-refractivity contribution >= 4 is 55.7 Å². The van der Waals surface area contributed by atoms with E-state index in [0.717, 1.165) is 33.5 Å². The number of fused-ring (bicyclic) bond motifs is 2. The van der Waals surface area contributed by atoms with Gasteiger partial charge in [-0.15, -0.1) is 0 Å². The number of hydrogen-bond acceptors (Lipinski definition) is 3. The van der Waals surface area contributed by atoms with Crippen molar-refractivity contribution in [2.75, 3.05) is 4.90 Å². The van der Waals surface area contributed by atoms with Gasteiger partial charge in [0.15, 0.2) is 0 Å². The topological polar surface area (TPSA) is 39.5 Å². The maximum atomic E-state index is 8.27. The number of benzene rings is 5. The summed E-state index contributed by atoms with van der Waals surface area (Å²) < 4.78 is 0. The van der Waals surface area contributed by atoms with Crippen LogP contribution in [0.5, 0.6) is 0 Å². The average molecular weight is 478 g/mol. The molecule has 1 aliphatic carbocycles. The van der Waals surface area contributed by atoms with Crippen molar-refractivity contribution in [3.05, 3.63) is 132 Å². The Bertz CT molecular complexity index is 1750. The zero-order valence-electron chi connectivity index (χ0n) is 20.9. The number of allylic oxidation sites excluding steroid dienone is 4. The molecule has 3 heteroatoms. The van der Waals surface area contributed by atoms with E-state index >= 15 is 0 Å². The third-order valence-corrected chi connectivity index (χ3v) is 6.92. The first-order valence-electron chi connectivity index (χ1n) is 12.5. The fourth-order valence-electron chi connectivity index (χ4n) is 4.99. The highest BCUT2D eigenvalue weighted by molar-refractivity contribution is 6.50. The number of nitrogens with one attached hydrogen (secondary N) is 1. The van der Waals surface area contributed by atoms with Gasteiger partial charge in [0.1, 0.15) is 0 Å². The maximum absolute atomic E-state index is 8.27. The molecule has 5 aromatic carbocycles. The first-order chi connectivity index (χ1) is 18.1. The average Bonchev–Trinajstić information content (AvgIpc) is 2.93. The van der Waals surface area contributed by atoms with Crippen LogP contribution < -0.4 is 4.90 Å². The Balaban J connectivity index is 1.62. The Morgan fingerprint density at radius 3 is 1.89 bits per heavy atom.